The molecule has 0 unspecified atom stereocenters. The highest BCUT2D eigenvalue weighted by Gasteiger charge is 2.21. The van der Waals surface area contributed by atoms with Gasteiger partial charge in [-0.3, -0.25) is 9.78 Å². The minimum atomic E-state index is -0.348. The van der Waals surface area contributed by atoms with E-state index in [1.807, 2.05) is 16.8 Å². The average Bonchev–Trinajstić information content (AvgIpc) is 3.22. The highest BCUT2D eigenvalue weighted by atomic mass is 32.1. The molecule has 6 nitrogen and oxygen atoms in total. The van der Waals surface area contributed by atoms with Crippen LogP contribution in [0.25, 0.3) is 5.65 Å². The number of nitrogens with zero attached hydrogens (tertiary/aromatic N) is 3. The second-order valence-electron chi connectivity index (χ2n) is 6.14. The van der Waals surface area contributed by atoms with Crippen LogP contribution in [0.2, 0.25) is 0 Å². The summed E-state index contributed by atoms with van der Waals surface area (Å²) in [5.74, 6) is 0.172. The molecule has 1 aliphatic heterocycles. The summed E-state index contributed by atoms with van der Waals surface area (Å²) < 4.78 is 1.94. The molecule has 0 bridgehead atoms. The number of carbonyl (C=O) groups is 1. The number of hydrogen-bond donors (Lipinski definition) is 2. The van der Waals surface area contributed by atoms with Crippen molar-refractivity contribution in [2.24, 2.45) is 5.73 Å². The van der Waals surface area contributed by atoms with E-state index < -0.39 is 0 Å². The molecule has 0 spiro atoms. The molecule has 4 rings (SSSR count). The van der Waals surface area contributed by atoms with E-state index in [1.54, 1.807) is 23.7 Å². The average molecular weight is 341 g/mol. The molecule has 3 N–H and O–H groups in total. The normalized spacial score (nSPS) is 15.8. The third-order valence-corrected chi connectivity index (χ3v) is 5.85. The number of rotatable bonds is 4. The van der Waals surface area contributed by atoms with E-state index in [-0.39, 0.29) is 5.91 Å². The van der Waals surface area contributed by atoms with Crippen LogP contribution in [0.1, 0.15) is 44.6 Å². The summed E-state index contributed by atoms with van der Waals surface area (Å²) in [5.41, 5.74) is 8.30. The molecule has 0 saturated carbocycles. The summed E-state index contributed by atoms with van der Waals surface area (Å²) in [6, 6.07) is 2.15. The van der Waals surface area contributed by atoms with Crippen molar-refractivity contribution in [1.29, 1.82) is 0 Å². The molecule has 1 aliphatic rings. The van der Waals surface area contributed by atoms with E-state index >= 15 is 0 Å². The maximum Gasteiger partial charge on any atom is 0.259 e. The fourth-order valence-electron chi connectivity index (χ4n) is 3.25. The monoisotopic (exact) mass is 341 g/mol. The lowest BCUT2D eigenvalue weighted by Gasteiger charge is -2.21. The van der Waals surface area contributed by atoms with Gasteiger partial charge in [0, 0.05) is 29.9 Å². The van der Waals surface area contributed by atoms with Gasteiger partial charge in [-0.2, -0.15) is 0 Å². The minimum absolute atomic E-state index is 0.348. The molecule has 0 aromatic carbocycles. The van der Waals surface area contributed by atoms with Gasteiger partial charge in [0.2, 0.25) is 0 Å². The summed E-state index contributed by atoms with van der Waals surface area (Å²) in [5, 5.41) is 3.38. The van der Waals surface area contributed by atoms with Gasteiger partial charge in [-0.05, 0) is 43.5 Å². The van der Waals surface area contributed by atoms with E-state index in [1.165, 1.54) is 4.88 Å². The molecule has 3 aromatic rings. The Hall–Kier alpha value is -2.25. The standard InChI is InChI=1S/C17H19N5OS/c18-17(23)16-12(8-14(24-16)11-1-3-19-4-2-11)7-13-10-22-6-5-20-15(22)9-21-13/h5-6,8-11,19H,1-4,7H2,(H2,18,23). The maximum absolute atomic E-state index is 11.9. The van der Waals surface area contributed by atoms with Gasteiger partial charge in [0.25, 0.3) is 5.91 Å². The smallest absolute Gasteiger partial charge is 0.259 e. The zero-order valence-electron chi connectivity index (χ0n) is 13.2. The number of hydrogen-bond acceptors (Lipinski definition) is 5. The summed E-state index contributed by atoms with van der Waals surface area (Å²) in [7, 11) is 0. The van der Waals surface area contributed by atoms with Crippen LogP contribution in [0.3, 0.4) is 0 Å². The van der Waals surface area contributed by atoms with E-state index in [0.717, 1.165) is 42.8 Å². The molecule has 0 atom stereocenters. The van der Waals surface area contributed by atoms with Crippen LogP contribution in [-0.4, -0.2) is 33.4 Å². The Kier molecular flexibility index (Phi) is 4.03. The van der Waals surface area contributed by atoms with Gasteiger partial charge in [0.05, 0.1) is 16.8 Å². The predicted octanol–water partition coefficient (Wildman–Crippen LogP) is 1.95. The molecular weight excluding hydrogens is 322 g/mol. The van der Waals surface area contributed by atoms with Crippen molar-refractivity contribution in [2.75, 3.05) is 13.1 Å². The van der Waals surface area contributed by atoms with Crippen LogP contribution in [0.5, 0.6) is 0 Å². The second kappa shape index (κ2) is 6.33. The Labute approximate surface area is 143 Å². The highest BCUT2D eigenvalue weighted by Crippen LogP contribution is 2.34. The van der Waals surface area contributed by atoms with Crippen molar-refractivity contribution < 1.29 is 4.79 Å². The zero-order valence-corrected chi connectivity index (χ0v) is 14.1. The van der Waals surface area contributed by atoms with E-state index in [9.17, 15) is 4.79 Å². The Bertz CT molecular complexity index is 878. The zero-order chi connectivity index (χ0) is 16.5. The van der Waals surface area contributed by atoms with Crippen molar-refractivity contribution >= 4 is 22.9 Å². The number of primary amides is 1. The molecule has 24 heavy (non-hydrogen) atoms. The number of piperidine rings is 1. The molecule has 0 aliphatic carbocycles. The van der Waals surface area contributed by atoms with E-state index in [2.05, 4.69) is 21.4 Å². The van der Waals surface area contributed by atoms with Gasteiger partial charge < -0.3 is 15.5 Å². The van der Waals surface area contributed by atoms with Crippen molar-refractivity contribution in [3.63, 3.8) is 0 Å². The van der Waals surface area contributed by atoms with Crippen LogP contribution in [-0.2, 0) is 6.42 Å². The highest BCUT2D eigenvalue weighted by molar-refractivity contribution is 7.14. The topological polar surface area (TPSA) is 85.3 Å². The van der Waals surface area contributed by atoms with Crippen molar-refractivity contribution in [1.82, 2.24) is 19.7 Å². The van der Waals surface area contributed by atoms with Crippen molar-refractivity contribution in [2.45, 2.75) is 25.2 Å². The predicted molar refractivity (Wildman–Crippen MR) is 93.5 cm³/mol. The van der Waals surface area contributed by atoms with Gasteiger partial charge in [-0.25, -0.2) is 4.98 Å². The molecule has 0 radical (unpaired) electrons. The number of carbonyl (C=O) groups excluding carboxylic acids is 1. The fourth-order valence-corrected chi connectivity index (χ4v) is 4.45. The number of amides is 1. The summed E-state index contributed by atoms with van der Waals surface area (Å²) in [6.45, 7) is 2.06. The first-order valence-electron chi connectivity index (χ1n) is 8.11. The van der Waals surface area contributed by atoms with Gasteiger partial charge >= 0.3 is 0 Å². The van der Waals surface area contributed by atoms with Gasteiger partial charge in [0.1, 0.15) is 0 Å². The Morgan fingerprint density at radius 2 is 2.21 bits per heavy atom. The third-order valence-electron chi connectivity index (χ3n) is 4.50. The SMILES string of the molecule is NC(=O)c1sc(C2CCNCC2)cc1Cc1cn2ccnc2cn1. The molecule has 7 heteroatoms. The van der Waals surface area contributed by atoms with Crippen LogP contribution in [0.4, 0.5) is 0 Å². The molecule has 1 saturated heterocycles. The Morgan fingerprint density at radius 1 is 1.38 bits per heavy atom. The lowest BCUT2D eigenvalue weighted by molar-refractivity contribution is 0.100. The quantitative estimate of drug-likeness (QED) is 0.759. The molecule has 124 valence electrons. The van der Waals surface area contributed by atoms with Gasteiger partial charge in [0.15, 0.2) is 5.65 Å². The van der Waals surface area contributed by atoms with E-state index in [4.69, 9.17) is 5.73 Å². The largest absolute Gasteiger partial charge is 0.365 e. The summed E-state index contributed by atoms with van der Waals surface area (Å²) in [6.07, 6.45) is 10.2. The van der Waals surface area contributed by atoms with Crippen LogP contribution < -0.4 is 11.1 Å². The van der Waals surface area contributed by atoms with E-state index in [0.29, 0.717) is 17.2 Å². The fraction of sp³-hybridized carbons (Fsp3) is 0.353. The minimum Gasteiger partial charge on any atom is -0.365 e. The van der Waals surface area contributed by atoms with Gasteiger partial charge in [-0.15, -0.1) is 11.3 Å². The number of imidazole rings is 1. The number of nitrogens with two attached hydrogens (primary N) is 1. The maximum atomic E-state index is 11.9. The summed E-state index contributed by atoms with van der Waals surface area (Å²) >= 11 is 1.55. The molecule has 3 aromatic heterocycles. The number of nitrogens with one attached hydrogen (secondary N) is 1. The van der Waals surface area contributed by atoms with Crippen LogP contribution >= 0.6 is 11.3 Å². The third kappa shape index (κ3) is 2.92. The van der Waals surface area contributed by atoms with Crippen molar-refractivity contribution in [3.05, 3.63) is 51.9 Å². The first kappa shape index (κ1) is 15.3. The van der Waals surface area contributed by atoms with Crippen LogP contribution in [0.15, 0.2) is 30.9 Å². The first-order valence-corrected chi connectivity index (χ1v) is 8.93. The number of aromatic nitrogens is 3. The van der Waals surface area contributed by atoms with Crippen LogP contribution in [0, 0.1) is 0 Å². The molecule has 1 amide bonds. The molecule has 4 heterocycles. The molecule has 1 fully saturated rings. The Morgan fingerprint density at radius 3 is 3.00 bits per heavy atom. The lowest BCUT2D eigenvalue weighted by Crippen LogP contribution is -2.26. The second-order valence-corrected chi connectivity index (χ2v) is 7.22. The molecular formula is C17H19N5OS. The number of thiophene rings is 1. The summed E-state index contributed by atoms with van der Waals surface area (Å²) in [4.78, 5) is 22.5. The van der Waals surface area contributed by atoms with Gasteiger partial charge in [-0.1, -0.05) is 0 Å². The lowest BCUT2D eigenvalue weighted by atomic mass is 9.95. The number of fused-ring (bicyclic) bond motifs is 1. The van der Waals surface area contributed by atoms with Crippen molar-refractivity contribution in [3.8, 4) is 0 Å². The Balaban J connectivity index is 1.65. The first-order chi connectivity index (χ1) is 11.7.